The summed E-state index contributed by atoms with van der Waals surface area (Å²) in [5.74, 6) is 1.13. The number of hydrogen-bond acceptors (Lipinski definition) is 5. The highest BCUT2D eigenvalue weighted by Crippen LogP contribution is 2.31. The number of carbonyl (C=O) groups is 1. The Balaban J connectivity index is 1.35. The first-order chi connectivity index (χ1) is 19.2. The minimum absolute atomic E-state index is 0.150. The quantitative estimate of drug-likeness (QED) is 0.315. The molecule has 0 aliphatic carbocycles. The van der Waals surface area contributed by atoms with Crippen LogP contribution in [-0.4, -0.2) is 62.8 Å². The lowest BCUT2D eigenvalue weighted by atomic mass is 10.1. The molecule has 4 rings (SSSR count). The number of halogens is 4. The molecule has 1 saturated heterocycles. The molecule has 2 amide bonds. The zero-order valence-corrected chi connectivity index (χ0v) is 23.0. The van der Waals surface area contributed by atoms with E-state index in [9.17, 15) is 18.0 Å². The highest BCUT2D eigenvalue weighted by atomic mass is 35.5. The number of carbonyl (C=O) groups excluding carboxylic acids is 1. The van der Waals surface area contributed by atoms with Crippen LogP contribution in [0.25, 0.3) is 0 Å². The molecule has 7 nitrogen and oxygen atoms in total. The van der Waals surface area contributed by atoms with Gasteiger partial charge < -0.3 is 24.4 Å². The van der Waals surface area contributed by atoms with E-state index in [-0.39, 0.29) is 18.7 Å². The van der Waals surface area contributed by atoms with Gasteiger partial charge in [0.2, 0.25) is 0 Å². The predicted octanol–water partition coefficient (Wildman–Crippen LogP) is 6.48. The second-order valence-corrected chi connectivity index (χ2v) is 9.77. The highest BCUT2D eigenvalue weighted by Gasteiger charge is 2.30. The molecule has 1 fully saturated rings. The molecule has 1 atom stereocenters. The van der Waals surface area contributed by atoms with E-state index in [1.165, 1.54) is 19.2 Å². The van der Waals surface area contributed by atoms with Crippen LogP contribution in [0.5, 0.6) is 11.5 Å². The van der Waals surface area contributed by atoms with Gasteiger partial charge in [0.25, 0.3) is 0 Å². The number of urea groups is 1. The number of hydrogen-bond donors (Lipinski definition) is 1. The minimum Gasteiger partial charge on any atom is -0.497 e. The summed E-state index contributed by atoms with van der Waals surface area (Å²) in [7, 11) is 3.09. The molecule has 0 saturated carbocycles. The fourth-order valence-corrected chi connectivity index (χ4v) is 4.51. The first-order valence-electron chi connectivity index (χ1n) is 12.7. The minimum atomic E-state index is -4.38. The maximum atomic E-state index is 12.9. The molecular formula is C29H31ClF3N3O4. The maximum absolute atomic E-state index is 12.9. The highest BCUT2D eigenvalue weighted by molar-refractivity contribution is 6.30. The molecule has 0 spiro atoms. The van der Waals surface area contributed by atoms with Crippen LogP contribution in [0, 0.1) is 0 Å². The molecule has 1 heterocycles. The molecule has 3 aromatic rings. The van der Waals surface area contributed by atoms with Crippen LogP contribution in [0.2, 0.25) is 5.02 Å². The van der Waals surface area contributed by atoms with E-state index in [0.29, 0.717) is 60.5 Å². The number of amides is 2. The van der Waals surface area contributed by atoms with Crippen LogP contribution in [0.4, 0.5) is 23.7 Å². The van der Waals surface area contributed by atoms with Gasteiger partial charge in [0.15, 0.2) is 0 Å². The van der Waals surface area contributed by atoms with E-state index >= 15 is 0 Å². The monoisotopic (exact) mass is 577 g/mol. The van der Waals surface area contributed by atoms with Crippen molar-refractivity contribution in [3.05, 3.63) is 88.4 Å². The van der Waals surface area contributed by atoms with Gasteiger partial charge in [-0.3, -0.25) is 4.90 Å². The van der Waals surface area contributed by atoms with E-state index in [1.807, 2.05) is 12.1 Å². The normalized spacial score (nSPS) is 15.0. The largest absolute Gasteiger partial charge is 0.497 e. The third kappa shape index (κ3) is 7.80. The number of methoxy groups -OCH3 is 2. The van der Waals surface area contributed by atoms with E-state index in [2.05, 4.69) is 10.2 Å². The smallest absolute Gasteiger partial charge is 0.416 e. The number of nitrogens with zero attached hydrogens (tertiary/aromatic N) is 2. The lowest BCUT2D eigenvalue weighted by molar-refractivity contribution is -0.137. The SMILES string of the molecule is COc1ccc(NC(=O)N2CCN(CC(OCc3ccc(C(F)(F)F)cc3)c3ccc(Cl)cc3)CC2)c(OC)c1. The summed E-state index contributed by atoms with van der Waals surface area (Å²) < 4.78 is 55.5. The molecule has 1 aliphatic heterocycles. The molecule has 0 bridgehead atoms. The van der Waals surface area contributed by atoms with Gasteiger partial charge in [-0.25, -0.2) is 4.79 Å². The number of benzene rings is 3. The molecule has 1 aliphatic rings. The molecule has 0 radical (unpaired) electrons. The molecule has 40 heavy (non-hydrogen) atoms. The first kappa shape index (κ1) is 29.5. The summed E-state index contributed by atoms with van der Waals surface area (Å²) in [4.78, 5) is 16.9. The van der Waals surface area contributed by atoms with Crippen molar-refractivity contribution in [3.8, 4) is 11.5 Å². The van der Waals surface area contributed by atoms with Crippen molar-refractivity contribution in [1.82, 2.24) is 9.80 Å². The summed E-state index contributed by atoms with van der Waals surface area (Å²) >= 11 is 6.07. The first-order valence-corrected chi connectivity index (χ1v) is 13.1. The fraction of sp³-hybridized carbons (Fsp3) is 0.345. The predicted molar refractivity (Wildman–Crippen MR) is 147 cm³/mol. The van der Waals surface area contributed by atoms with Crippen LogP contribution in [-0.2, 0) is 17.5 Å². The lowest BCUT2D eigenvalue weighted by Gasteiger charge is -2.36. The van der Waals surface area contributed by atoms with Crippen molar-refractivity contribution in [2.75, 3.05) is 52.3 Å². The molecular weight excluding hydrogens is 547 g/mol. The summed E-state index contributed by atoms with van der Waals surface area (Å²) in [5, 5.41) is 3.50. The molecule has 3 aromatic carbocycles. The number of piperazine rings is 1. The van der Waals surface area contributed by atoms with Gasteiger partial charge in [0, 0.05) is 43.8 Å². The van der Waals surface area contributed by atoms with Crippen molar-refractivity contribution in [2.45, 2.75) is 18.9 Å². The van der Waals surface area contributed by atoms with E-state index in [4.69, 9.17) is 25.8 Å². The average Bonchev–Trinajstić information content (AvgIpc) is 2.96. The lowest BCUT2D eigenvalue weighted by Crippen LogP contribution is -2.50. The van der Waals surface area contributed by atoms with Gasteiger partial charge in [0.05, 0.1) is 38.2 Å². The van der Waals surface area contributed by atoms with Crippen molar-refractivity contribution in [2.24, 2.45) is 0 Å². The molecule has 1 N–H and O–H groups in total. The summed E-state index contributed by atoms with van der Waals surface area (Å²) in [6.07, 6.45) is -4.73. The Bertz CT molecular complexity index is 1270. The van der Waals surface area contributed by atoms with Gasteiger partial charge >= 0.3 is 12.2 Å². The molecule has 11 heteroatoms. The zero-order chi connectivity index (χ0) is 28.7. The fourth-order valence-electron chi connectivity index (χ4n) is 4.38. The molecule has 1 unspecified atom stereocenters. The van der Waals surface area contributed by atoms with Crippen molar-refractivity contribution in [1.29, 1.82) is 0 Å². The Kier molecular flexibility index (Phi) is 9.78. The Morgan fingerprint density at radius 3 is 2.23 bits per heavy atom. The van der Waals surface area contributed by atoms with Gasteiger partial charge in [-0.2, -0.15) is 13.2 Å². The number of nitrogens with one attached hydrogen (secondary N) is 1. The summed E-state index contributed by atoms with van der Waals surface area (Å²) in [5.41, 5.74) is 1.40. The van der Waals surface area contributed by atoms with E-state index in [1.54, 1.807) is 42.3 Å². The third-order valence-electron chi connectivity index (χ3n) is 6.71. The molecule has 0 aromatic heterocycles. The average molecular weight is 578 g/mol. The summed E-state index contributed by atoms with van der Waals surface area (Å²) in [6, 6.07) is 17.2. The Labute approximate surface area is 236 Å². The Morgan fingerprint density at radius 1 is 0.950 bits per heavy atom. The van der Waals surface area contributed by atoms with Crippen LogP contribution >= 0.6 is 11.6 Å². The van der Waals surface area contributed by atoms with Crippen LogP contribution < -0.4 is 14.8 Å². The van der Waals surface area contributed by atoms with E-state index < -0.39 is 11.7 Å². The Hall–Kier alpha value is -3.47. The van der Waals surface area contributed by atoms with Crippen molar-refractivity contribution < 1.29 is 32.2 Å². The van der Waals surface area contributed by atoms with Gasteiger partial charge in [-0.05, 0) is 47.5 Å². The number of ether oxygens (including phenoxy) is 3. The van der Waals surface area contributed by atoms with Gasteiger partial charge in [-0.1, -0.05) is 35.9 Å². The van der Waals surface area contributed by atoms with E-state index in [0.717, 1.165) is 17.7 Å². The zero-order valence-electron chi connectivity index (χ0n) is 22.2. The maximum Gasteiger partial charge on any atom is 0.416 e. The Morgan fingerprint density at radius 2 is 1.62 bits per heavy atom. The topological polar surface area (TPSA) is 63.3 Å². The van der Waals surface area contributed by atoms with Crippen LogP contribution in [0.1, 0.15) is 22.8 Å². The second kappa shape index (κ2) is 13.3. The second-order valence-electron chi connectivity index (χ2n) is 9.33. The van der Waals surface area contributed by atoms with Crippen molar-refractivity contribution in [3.63, 3.8) is 0 Å². The van der Waals surface area contributed by atoms with Gasteiger partial charge in [-0.15, -0.1) is 0 Å². The number of rotatable bonds is 9. The number of anilines is 1. The van der Waals surface area contributed by atoms with Gasteiger partial charge in [0.1, 0.15) is 11.5 Å². The van der Waals surface area contributed by atoms with Crippen molar-refractivity contribution >= 4 is 23.3 Å². The number of alkyl halides is 3. The van der Waals surface area contributed by atoms with Crippen LogP contribution in [0.3, 0.4) is 0 Å². The van der Waals surface area contributed by atoms with Crippen LogP contribution in [0.15, 0.2) is 66.7 Å². The third-order valence-corrected chi connectivity index (χ3v) is 6.96. The standard InChI is InChI=1S/C29H31ClF3N3O4/c1-38-24-11-12-25(26(17-24)39-2)34-28(37)36-15-13-35(14-16-36)18-27(21-5-9-23(30)10-6-21)40-19-20-3-7-22(8-4-20)29(31,32)33/h3-12,17,27H,13-16,18-19H2,1-2H3,(H,34,37). The molecule has 214 valence electrons. The summed E-state index contributed by atoms with van der Waals surface area (Å²) in [6.45, 7) is 2.97.